The molecule has 0 heterocycles. The van der Waals surface area contributed by atoms with Gasteiger partial charge in [0, 0.05) is 6.04 Å². The minimum Gasteiger partial charge on any atom is -0.327 e. The van der Waals surface area contributed by atoms with Gasteiger partial charge in [0.15, 0.2) is 0 Å². The molecule has 0 saturated heterocycles. The van der Waals surface area contributed by atoms with E-state index in [4.69, 9.17) is 5.73 Å². The zero-order chi connectivity index (χ0) is 14.3. The summed E-state index contributed by atoms with van der Waals surface area (Å²) in [4.78, 5) is 0. The molecule has 3 fully saturated rings. The smallest absolute Gasteiger partial charge is 0.327 e. The van der Waals surface area contributed by atoms with E-state index in [2.05, 4.69) is 0 Å². The van der Waals surface area contributed by atoms with Crippen molar-refractivity contribution in [2.24, 2.45) is 35.3 Å². The molecule has 6 atom stereocenters. The van der Waals surface area contributed by atoms with E-state index in [1.807, 2.05) is 0 Å². The predicted molar refractivity (Wildman–Crippen MR) is 73.0 cm³/mol. The van der Waals surface area contributed by atoms with Crippen molar-refractivity contribution in [2.75, 3.05) is 0 Å². The van der Waals surface area contributed by atoms with Gasteiger partial charge in [0.1, 0.15) is 0 Å². The van der Waals surface area contributed by atoms with Gasteiger partial charge in [0.25, 0.3) is 0 Å². The molecule has 3 aliphatic rings. The molecule has 3 rings (SSSR count). The lowest BCUT2D eigenvalue weighted by Gasteiger charge is -2.38. The van der Waals surface area contributed by atoms with Crippen LogP contribution in [-0.4, -0.2) is 12.2 Å². The number of nitrogens with two attached hydrogens (primary N) is 1. The summed E-state index contributed by atoms with van der Waals surface area (Å²) in [7, 11) is 0. The van der Waals surface area contributed by atoms with Crippen LogP contribution >= 0.6 is 0 Å². The van der Waals surface area contributed by atoms with Crippen LogP contribution in [0.25, 0.3) is 0 Å². The van der Waals surface area contributed by atoms with Crippen molar-refractivity contribution < 1.29 is 13.2 Å². The number of halogens is 3. The summed E-state index contributed by atoms with van der Waals surface area (Å²) in [6.07, 6.45) is 4.52. The number of hydrogen-bond donors (Lipinski definition) is 1. The number of alkyl halides is 3. The van der Waals surface area contributed by atoms with E-state index in [1.54, 1.807) is 0 Å². The Hall–Kier alpha value is -0.250. The van der Waals surface area contributed by atoms with E-state index in [9.17, 15) is 13.2 Å². The monoisotopic (exact) mass is 289 g/mol. The van der Waals surface area contributed by atoms with Crippen molar-refractivity contribution >= 4 is 0 Å². The molecule has 1 nitrogen and oxygen atoms in total. The second-order valence-corrected chi connectivity index (χ2v) is 7.43. The highest BCUT2D eigenvalue weighted by Gasteiger charge is 2.48. The van der Waals surface area contributed by atoms with Gasteiger partial charge in [-0.05, 0) is 62.2 Å². The van der Waals surface area contributed by atoms with Gasteiger partial charge in [-0.15, -0.1) is 0 Å². The molecule has 0 spiro atoms. The molecule has 0 aromatic rings. The van der Waals surface area contributed by atoms with Gasteiger partial charge < -0.3 is 5.73 Å². The maximum atomic E-state index is 13.2. The van der Waals surface area contributed by atoms with Crippen molar-refractivity contribution in [1.82, 2.24) is 0 Å². The molecule has 0 aromatic carbocycles. The molecule has 2 bridgehead atoms. The first-order valence-electron chi connectivity index (χ1n) is 8.27. The van der Waals surface area contributed by atoms with Gasteiger partial charge in [-0.25, -0.2) is 0 Å². The van der Waals surface area contributed by atoms with E-state index in [0.29, 0.717) is 25.2 Å². The van der Waals surface area contributed by atoms with Crippen molar-refractivity contribution in [2.45, 2.75) is 70.0 Å². The molecular formula is C16H26F3N. The molecular weight excluding hydrogens is 263 g/mol. The van der Waals surface area contributed by atoms with Gasteiger partial charge in [-0.2, -0.15) is 13.2 Å². The van der Waals surface area contributed by atoms with Crippen molar-refractivity contribution in [1.29, 1.82) is 0 Å². The summed E-state index contributed by atoms with van der Waals surface area (Å²) >= 11 is 0. The SMILES string of the molecule is NC(CC1CC2CCC1C2)C1CCCCC1C(F)(F)F. The van der Waals surface area contributed by atoms with Crippen LogP contribution < -0.4 is 5.73 Å². The van der Waals surface area contributed by atoms with Crippen LogP contribution in [0.1, 0.15) is 57.8 Å². The Kier molecular flexibility index (Phi) is 4.04. The van der Waals surface area contributed by atoms with Crippen molar-refractivity contribution in [3.05, 3.63) is 0 Å². The minimum atomic E-state index is -4.06. The molecule has 116 valence electrons. The van der Waals surface area contributed by atoms with Gasteiger partial charge >= 0.3 is 6.18 Å². The van der Waals surface area contributed by atoms with E-state index in [0.717, 1.165) is 24.7 Å². The average Bonchev–Trinajstić information content (AvgIpc) is 3.00. The van der Waals surface area contributed by atoms with E-state index in [-0.39, 0.29) is 12.0 Å². The van der Waals surface area contributed by atoms with Gasteiger partial charge in [0.05, 0.1) is 5.92 Å². The van der Waals surface area contributed by atoms with Crippen LogP contribution in [-0.2, 0) is 0 Å². The fourth-order valence-electron chi connectivity index (χ4n) is 5.27. The molecule has 0 radical (unpaired) electrons. The molecule has 0 amide bonds. The lowest BCUT2D eigenvalue weighted by Crippen LogP contribution is -2.44. The Bertz CT molecular complexity index is 341. The van der Waals surface area contributed by atoms with E-state index < -0.39 is 12.1 Å². The van der Waals surface area contributed by atoms with Crippen LogP contribution in [0.2, 0.25) is 0 Å². The van der Waals surface area contributed by atoms with E-state index in [1.165, 1.54) is 25.7 Å². The number of rotatable bonds is 3. The lowest BCUT2D eigenvalue weighted by molar-refractivity contribution is -0.198. The van der Waals surface area contributed by atoms with Gasteiger partial charge in [0.2, 0.25) is 0 Å². The summed E-state index contributed by atoms with van der Waals surface area (Å²) in [6, 6.07) is -0.244. The summed E-state index contributed by atoms with van der Waals surface area (Å²) in [5.74, 6) is 0.744. The van der Waals surface area contributed by atoms with Crippen LogP contribution in [0.3, 0.4) is 0 Å². The standard InChI is InChI=1S/C16H26F3N/c17-16(18,19)14-4-2-1-3-13(14)15(20)9-12-8-10-5-6-11(12)7-10/h10-15H,1-9,20H2. The number of fused-ring (bicyclic) bond motifs is 2. The quantitative estimate of drug-likeness (QED) is 0.813. The van der Waals surface area contributed by atoms with Crippen LogP contribution in [0.5, 0.6) is 0 Å². The van der Waals surface area contributed by atoms with Gasteiger partial charge in [-0.3, -0.25) is 0 Å². The zero-order valence-electron chi connectivity index (χ0n) is 12.0. The topological polar surface area (TPSA) is 26.0 Å². The zero-order valence-corrected chi connectivity index (χ0v) is 12.0. The maximum Gasteiger partial charge on any atom is 0.392 e. The molecule has 3 saturated carbocycles. The van der Waals surface area contributed by atoms with Crippen molar-refractivity contribution in [3.8, 4) is 0 Å². The molecule has 3 aliphatic carbocycles. The molecule has 2 N–H and O–H groups in total. The summed E-state index contributed by atoms with van der Waals surface area (Å²) in [5, 5.41) is 0. The Balaban J connectivity index is 1.61. The second-order valence-electron chi connectivity index (χ2n) is 7.43. The first-order valence-corrected chi connectivity index (χ1v) is 8.27. The summed E-state index contributed by atoms with van der Waals surface area (Å²) < 4.78 is 39.5. The third kappa shape index (κ3) is 2.86. The van der Waals surface area contributed by atoms with E-state index >= 15 is 0 Å². The Morgan fingerprint density at radius 1 is 1.00 bits per heavy atom. The average molecular weight is 289 g/mol. The summed E-state index contributed by atoms with van der Waals surface area (Å²) in [6.45, 7) is 0. The Labute approximate surface area is 119 Å². The first-order chi connectivity index (χ1) is 9.45. The van der Waals surface area contributed by atoms with Crippen molar-refractivity contribution in [3.63, 3.8) is 0 Å². The lowest BCUT2D eigenvalue weighted by atomic mass is 9.71. The highest BCUT2D eigenvalue weighted by molar-refractivity contribution is 4.94. The van der Waals surface area contributed by atoms with Crippen LogP contribution in [0.4, 0.5) is 13.2 Å². The van der Waals surface area contributed by atoms with Gasteiger partial charge in [-0.1, -0.05) is 19.3 Å². The highest BCUT2D eigenvalue weighted by Crippen LogP contribution is 2.51. The van der Waals surface area contributed by atoms with Crippen LogP contribution in [0.15, 0.2) is 0 Å². The predicted octanol–water partition coefficient (Wildman–Crippen LogP) is 4.51. The molecule has 0 aromatic heterocycles. The maximum absolute atomic E-state index is 13.2. The first kappa shape index (κ1) is 14.7. The minimum absolute atomic E-state index is 0.244. The Morgan fingerprint density at radius 3 is 2.35 bits per heavy atom. The van der Waals surface area contributed by atoms with Crippen LogP contribution in [0, 0.1) is 29.6 Å². The second kappa shape index (κ2) is 5.51. The summed E-state index contributed by atoms with van der Waals surface area (Å²) in [5.41, 5.74) is 6.25. The Morgan fingerprint density at radius 2 is 1.75 bits per heavy atom. The molecule has 0 aliphatic heterocycles. The highest BCUT2D eigenvalue weighted by atomic mass is 19.4. The molecule has 20 heavy (non-hydrogen) atoms. The largest absolute Gasteiger partial charge is 0.392 e. The normalized spacial score (nSPS) is 42.9. The fraction of sp³-hybridized carbons (Fsp3) is 1.00. The fourth-order valence-corrected chi connectivity index (χ4v) is 5.27. The number of hydrogen-bond acceptors (Lipinski definition) is 1. The molecule has 6 unspecified atom stereocenters. The third-order valence-electron chi connectivity index (χ3n) is 6.25. The third-order valence-corrected chi connectivity index (χ3v) is 6.25. The molecule has 4 heteroatoms.